The Kier molecular flexibility index (Phi) is 4.52. The van der Waals surface area contributed by atoms with Gasteiger partial charge < -0.3 is 4.74 Å². The molecule has 0 saturated carbocycles. The second-order valence-electron chi connectivity index (χ2n) is 5.29. The molecule has 1 heterocycles. The summed E-state index contributed by atoms with van der Waals surface area (Å²) in [6.45, 7) is 0.895. The average Bonchev–Trinajstić information content (AvgIpc) is 2.53. The largest absolute Gasteiger partial charge is 0.493 e. The van der Waals surface area contributed by atoms with E-state index in [4.69, 9.17) is 4.74 Å². The summed E-state index contributed by atoms with van der Waals surface area (Å²) in [7, 11) is -3.48. The van der Waals surface area contributed by atoms with Gasteiger partial charge in [-0.05, 0) is 42.3 Å². The van der Waals surface area contributed by atoms with Gasteiger partial charge in [0.25, 0.3) is 0 Å². The third-order valence-corrected chi connectivity index (χ3v) is 5.61. The van der Waals surface area contributed by atoms with Crippen LogP contribution in [0.15, 0.2) is 57.9 Å². The molecule has 4 nitrogen and oxygen atoms in total. The summed E-state index contributed by atoms with van der Waals surface area (Å²) in [5.41, 5.74) is 1.13. The predicted molar refractivity (Wildman–Crippen MR) is 88.5 cm³/mol. The second kappa shape index (κ2) is 6.40. The molecule has 0 aromatic heterocycles. The van der Waals surface area contributed by atoms with Gasteiger partial charge in [0.05, 0.1) is 11.5 Å². The predicted octanol–water partition coefficient (Wildman–Crippen LogP) is 2.98. The second-order valence-corrected chi connectivity index (χ2v) is 7.98. The molecule has 0 spiro atoms. The lowest BCUT2D eigenvalue weighted by Crippen LogP contribution is -2.34. The van der Waals surface area contributed by atoms with Gasteiger partial charge in [-0.3, -0.25) is 0 Å². The Hall–Kier alpha value is -1.37. The number of ether oxygens (including phenoxy) is 1. The van der Waals surface area contributed by atoms with Crippen molar-refractivity contribution in [3.63, 3.8) is 0 Å². The van der Waals surface area contributed by atoms with Crippen molar-refractivity contribution < 1.29 is 13.2 Å². The Morgan fingerprint density at radius 1 is 1.14 bits per heavy atom. The molecule has 116 valence electrons. The summed E-state index contributed by atoms with van der Waals surface area (Å²) in [4.78, 5) is 0.271. The van der Waals surface area contributed by atoms with Crippen LogP contribution in [-0.2, 0) is 16.4 Å². The van der Waals surface area contributed by atoms with Gasteiger partial charge in [-0.15, -0.1) is 0 Å². The molecule has 0 radical (unpaired) electrons. The van der Waals surface area contributed by atoms with E-state index in [0.717, 1.165) is 22.2 Å². The number of fused-ring (bicyclic) bond motifs is 1. The van der Waals surface area contributed by atoms with Gasteiger partial charge >= 0.3 is 0 Å². The highest BCUT2D eigenvalue weighted by Gasteiger charge is 2.22. The van der Waals surface area contributed by atoms with E-state index in [-0.39, 0.29) is 10.8 Å². The molecular formula is C16H16BrNO3S. The van der Waals surface area contributed by atoms with Crippen molar-refractivity contribution in [2.45, 2.75) is 11.3 Å². The van der Waals surface area contributed by atoms with Crippen molar-refractivity contribution in [2.24, 2.45) is 5.92 Å². The van der Waals surface area contributed by atoms with Crippen LogP contribution in [0.1, 0.15) is 5.56 Å². The van der Waals surface area contributed by atoms with Crippen LogP contribution in [-0.4, -0.2) is 21.6 Å². The number of rotatable bonds is 4. The third kappa shape index (κ3) is 3.51. The van der Waals surface area contributed by atoms with E-state index in [1.807, 2.05) is 24.3 Å². The zero-order valence-electron chi connectivity index (χ0n) is 11.8. The van der Waals surface area contributed by atoms with Crippen molar-refractivity contribution >= 4 is 26.0 Å². The summed E-state index contributed by atoms with van der Waals surface area (Å²) in [6, 6.07) is 14.5. The minimum atomic E-state index is -3.48. The Labute approximate surface area is 138 Å². The number of para-hydroxylation sites is 1. The summed E-state index contributed by atoms with van der Waals surface area (Å²) >= 11 is 3.30. The summed E-state index contributed by atoms with van der Waals surface area (Å²) in [5.74, 6) is 1.04. The maximum absolute atomic E-state index is 12.3. The molecule has 1 unspecified atom stereocenters. The minimum Gasteiger partial charge on any atom is -0.493 e. The van der Waals surface area contributed by atoms with Crippen LogP contribution in [0.5, 0.6) is 5.75 Å². The molecule has 2 aromatic rings. The first-order chi connectivity index (χ1) is 10.5. The smallest absolute Gasteiger partial charge is 0.240 e. The topological polar surface area (TPSA) is 55.4 Å². The number of halogens is 1. The van der Waals surface area contributed by atoms with Gasteiger partial charge in [0, 0.05) is 16.9 Å². The van der Waals surface area contributed by atoms with Crippen LogP contribution >= 0.6 is 15.9 Å². The Morgan fingerprint density at radius 3 is 2.64 bits per heavy atom. The molecule has 1 aliphatic heterocycles. The molecule has 3 rings (SSSR count). The third-order valence-electron chi connectivity index (χ3n) is 3.64. The highest BCUT2D eigenvalue weighted by molar-refractivity contribution is 9.10. The number of hydrogen-bond acceptors (Lipinski definition) is 3. The number of benzene rings is 2. The average molecular weight is 382 g/mol. The van der Waals surface area contributed by atoms with Crippen LogP contribution in [0.2, 0.25) is 0 Å². The molecule has 22 heavy (non-hydrogen) atoms. The summed E-state index contributed by atoms with van der Waals surface area (Å²) < 4.78 is 33.7. The normalized spacial score (nSPS) is 17.6. The minimum absolute atomic E-state index is 0.139. The van der Waals surface area contributed by atoms with E-state index in [0.29, 0.717) is 13.2 Å². The summed E-state index contributed by atoms with van der Waals surface area (Å²) in [6.07, 6.45) is 0.818. The van der Waals surface area contributed by atoms with Gasteiger partial charge in [0.15, 0.2) is 0 Å². The van der Waals surface area contributed by atoms with E-state index in [1.54, 1.807) is 24.3 Å². The van der Waals surface area contributed by atoms with Crippen LogP contribution in [0.4, 0.5) is 0 Å². The number of nitrogens with one attached hydrogen (secondary N) is 1. The monoisotopic (exact) mass is 381 g/mol. The Bertz CT molecular complexity index is 759. The Morgan fingerprint density at radius 2 is 1.86 bits per heavy atom. The van der Waals surface area contributed by atoms with E-state index >= 15 is 0 Å². The SMILES string of the molecule is O=S(=O)(NCC1COc2ccccc2C1)c1ccc(Br)cc1. The molecule has 0 aliphatic carbocycles. The van der Waals surface area contributed by atoms with E-state index in [2.05, 4.69) is 20.7 Å². The molecule has 0 saturated heterocycles. The quantitative estimate of drug-likeness (QED) is 0.885. The zero-order valence-corrected chi connectivity index (χ0v) is 14.2. The maximum Gasteiger partial charge on any atom is 0.240 e. The van der Waals surface area contributed by atoms with Crippen LogP contribution < -0.4 is 9.46 Å². The van der Waals surface area contributed by atoms with Crippen LogP contribution in [0.25, 0.3) is 0 Å². The van der Waals surface area contributed by atoms with Crippen molar-refractivity contribution in [3.05, 3.63) is 58.6 Å². The number of sulfonamides is 1. The summed E-state index contributed by atoms with van der Waals surface area (Å²) in [5, 5.41) is 0. The van der Waals surface area contributed by atoms with Gasteiger partial charge in [-0.25, -0.2) is 13.1 Å². The van der Waals surface area contributed by atoms with Gasteiger partial charge in [0.1, 0.15) is 5.75 Å². The molecule has 0 bridgehead atoms. The van der Waals surface area contributed by atoms with E-state index in [1.165, 1.54) is 0 Å². The molecule has 0 amide bonds. The highest BCUT2D eigenvalue weighted by Crippen LogP contribution is 2.26. The van der Waals surface area contributed by atoms with Crippen LogP contribution in [0.3, 0.4) is 0 Å². The zero-order chi connectivity index (χ0) is 15.6. The van der Waals surface area contributed by atoms with E-state index in [9.17, 15) is 8.42 Å². The fourth-order valence-electron chi connectivity index (χ4n) is 2.45. The number of hydrogen-bond donors (Lipinski definition) is 1. The molecule has 6 heteroatoms. The van der Waals surface area contributed by atoms with E-state index < -0.39 is 10.0 Å². The lowest BCUT2D eigenvalue weighted by Gasteiger charge is -2.25. The molecule has 2 aromatic carbocycles. The molecule has 1 N–H and O–H groups in total. The van der Waals surface area contributed by atoms with Crippen molar-refractivity contribution in [3.8, 4) is 5.75 Å². The van der Waals surface area contributed by atoms with Gasteiger partial charge in [-0.1, -0.05) is 34.1 Å². The molecular weight excluding hydrogens is 366 g/mol. The Balaban J connectivity index is 1.64. The van der Waals surface area contributed by atoms with Crippen molar-refractivity contribution in [2.75, 3.05) is 13.2 Å². The highest BCUT2D eigenvalue weighted by atomic mass is 79.9. The maximum atomic E-state index is 12.3. The first kappa shape index (κ1) is 15.5. The molecule has 0 fully saturated rings. The molecule has 1 atom stereocenters. The lowest BCUT2D eigenvalue weighted by atomic mass is 9.97. The lowest BCUT2D eigenvalue weighted by molar-refractivity contribution is 0.223. The first-order valence-electron chi connectivity index (χ1n) is 7.00. The fraction of sp³-hybridized carbons (Fsp3) is 0.250. The van der Waals surface area contributed by atoms with Crippen molar-refractivity contribution in [1.82, 2.24) is 4.72 Å². The van der Waals surface area contributed by atoms with Gasteiger partial charge in [-0.2, -0.15) is 0 Å². The van der Waals surface area contributed by atoms with Crippen molar-refractivity contribution in [1.29, 1.82) is 0 Å². The first-order valence-corrected chi connectivity index (χ1v) is 9.28. The molecule has 1 aliphatic rings. The van der Waals surface area contributed by atoms with Crippen LogP contribution in [0, 0.1) is 5.92 Å². The van der Waals surface area contributed by atoms with Gasteiger partial charge in [0.2, 0.25) is 10.0 Å². The standard InChI is InChI=1S/C16H16BrNO3S/c17-14-5-7-15(8-6-14)22(19,20)18-10-12-9-13-3-1-2-4-16(13)21-11-12/h1-8,12,18H,9-11H2. The fourth-order valence-corrected chi connectivity index (χ4v) is 3.83.